The molecule has 0 bridgehead atoms. The van der Waals surface area contributed by atoms with Gasteiger partial charge in [0.2, 0.25) is 0 Å². The van der Waals surface area contributed by atoms with Crippen LogP contribution in [0.5, 0.6) is 0 Å². The molecule has 0 saturated carbocycles. The average Bonchev–Trinajstić information content (AvgIpc) is 3.74. The van der Waals surface area contributed by atoms with E-state index in [1.165, 1.54) is 116 Å². The van der Waals surface area contributed by atoms with Crippen LogP contribution >= 0.6 is 0 Å². The second-order valence-corrected chi connectivity index (χ2v) is 12.6. The molecular weight excluding hydrogens is 512 g/mol. The Balaban J connectivity index is 1.82. The van der Waals surface area contributed by atoms with E-state index >= 15 is 0 Å². The Morgan fingerprint density at radius 1 is 0.537 bits per heavy atom. The van der Waals surface area contributed by atoms with Crippen molar-refractivity contribution in [2.24, 2.45) is 10.2 Å². The lowest BCUT2D eigenvalue weighted by atomic mass is 9.98. The average molecular weight is 579 g/mol. The summed E-state index contributed by atoms with van der Waals surface area (Å²) >= 11 is 0. The third kappa shape index (κ3) is 23.8. The molecule has 0 saturated heterocycles. The summed E-state index contributed by atoms with van der Waals surface area (Å²) in [5.74, 6) is -0.367. The van der Waals surface area contributed by atoms with Crippen molar-refractivity contribution in [3.8, 4) is 0 Å². The van der Waals surface area contributed by atoms with Gasteiger partial charge in [0.05, 0.1) is 0 Å². The maximum atomic E-state index is 12.1. The van der Waals surface area contributed by atoms with Gasteiger partial charge in [0.1, 0.15) is 12.7 Å². The molecule has 1 rings (SSSR count). The SMILES string of the molecule is CCCCCCCCCCCCCCCCCC(=O)OCC(C)OC(=O)CCCCCCCCC1(CCCC)N=N1. The van der Waals surface area contributed by atoms with E-state index in [4.69, 9.17) is 9.47 Å². The minimum absolute atomic E-state index is 0.0173. The van der Waals surface area contributed by atoms with Crippen LogP contribution in [0, 0.1) is 0 Å². The van der Waals surface area contributed by atoms with Gasteiger partial charge >= 0.3 is 11.9 Å². The van der Waals surface area contributed by atoms with Gasteiger partial charge in [0.25, 0.3) is 0 Å². The van der Waals surface area contributed by atoms with Crippen LogP contribution in [0.25, 0.3) is 0 Å². The van der Waals surface area contributed by atoms with Crippen molar-refractivity contribution in [1.82, 2.24) is 0 Å². The predicted molar refractivity (Wildman–Crippen MR) is 170 cm³/mol. The van der Waals surface area contributed by atoms with Crippen molar-refractivity contribution in [3.05, 3.63) is 0 Å². The zero-order valence-electron chi connectivity index (χ0n) is 27.4. The smallest absolute Gasteiger partial charge is 0.306 e. The summed E-state index contributed by atoms with van der Waals surface area (Å²) in [7, 11) is 0. The number of carbonyl (C=O) groups excluding carboxylic acids is 2. The first-order valence-corrected chi connectivity index (χ1v) is 17.8. The van der Waals surface area contributed by atoms with Gasteiger partial charge < -0.3 is 9.47 Å². The molecule has 1 aliphatic rings. The van der Waals surface area contributed by atoms with Gasteiger partial charge in [-0.3, -0.25) is 9.59 Å². The molecule has 0 radical (unpaired) electrons. The monoisotopic (exact) mass is 579 g/mol. The first-order valence-electron chi connectivity index (χ1n) is 17.8. The highest BCUT2D eigenvalue weighted by atomic mass is 16.6. The predicted octanol–water partition coefficient (Wildman–Crippen LogP) is 11.2. The highest BCUT2D eigenvalue weighted by molar-refractivity contribution is 5.70. The van der Waals surface area contributed by atoms with Gasteiger partial charge in [-0.1, -0.05) is 136 Å². The van der Waals surface area contributed by atoms with E-state index < -0.39 is 0 Å². The van der Waals surface area contributed by atoms with Crippen LogP contribution < -0.4 is 0 Å². The fourth-order valence-electron chi connectivity index (χ4n) is 5.48. The Morgan fingerprint density at radius 3 is 1.39 bits per heavy atom. The Kier molecular flexibility index (Phi) is 24.0. The van der Waals surface area contributed by atoms with Gasteiger partial charge in [-0.15, -0.1) is 0 Å². The highest BCUT2D eigenvalue weighted by Gasteiger charge is 2.37. The molecule has 1 heterocycles. The molecule has 0 amide bonds. The summed E-state index contributed by atoms with van der Waals surface area (Å²) in [6.45, 7) is 6.44. The number of ether oxygens (including phenoxy) is 2. The topological polar surface area (TPSA) is 77.3 Å². The zero-order valence-corrected chi connectivity index (χ0v) is 27.4. The molecule has 0 aromatic carbocycles. The minimum atomic E-state index is -0.384. The van der Waals surface area contributed by atoms with Crippen LogP contribution in [0.15, 0.2) is 10.2 Å². The number of hydrogen-bond acceptors (Lipinski definition) is 6. The van der Waals surface area contributed by atoms with Crippen molar-refractivity contribution in [2.75, 3.05) is 6.61 Å². The first kappa shape index (κ1) is 37.6. The largest absolute Gasteiger partial charge is 0.462 e. The van der Waals surface area contributed by atoms with Crippen LogP contribution in [-0.2, 0) is 19.1 Å². The molecule has 0 fully saturated rings. The molecule has 1 aliphatic heterocycles. The number of rotatable bonds is 31. The highest BCUT2D eigenvalue weighted by Crippen LogP contribution is 2.38. The molecule has 6 heteroatoms. The van der Waals surface area contributed by atoms with Crippen molar-refractivity contribution >= 4 is 11.9 Å². The van der Waals surface area contributed by atoms with Crippen molar-refractivity contribution in [2.45, 2.75) is 206 Å². The molecule has 0 spiro atoms. The maximum Gasteiger partial charge on any atom is 0.306 e. The second kappa shape index (κ2) is 26.2. The summed E-state index contributed by atoms with van der Waals surface area (Å²) in [5, 5.41) is 8.55. The number of esters is 2. The Bertz CT molecular complexity index is 661. The summed E-state index contributed by atoms with van der Waals surface area (Å²) < 4.78 is 10.7. The van der Waals surface area contributed by atoms with Gasteiger partial charge in [0.15, 0.2) is 5.66 Å². The van der Waals surface area contributed by atoms with Crippen molar-refractivity contribution in [1.29, 1.82) is 0 Å². The van der Waals surface area contributed by atoms with Gasteiger partial charge in [-0.05, 0) is 45.4 Å². The van der Waals surface area contributed by atoms with E-state index in [1.807, 2.05) is 0 Å². The molecule has 0 aromatic rings. The van der Waals surface area contributed by atoms with E-state index in [0.717, 1.165) is 44.9 Å². The summed E-state index contributed by atoms with van der Waals surface area (Å²) in [6, 6.07) is 0. The molecule has 240 valence electrons. The molecule has 0 N–H and O–H groups in total. The molecule has 0 aromatic heterocycles. The van der Waals surface area contributed by atoms with E-state index in [1.54, 1.807) is 6.92 Å². The van der Waals surface area contributed by atoms with Crippen LogP contribution in [0.2, 0.25) is 0 Å². The van der Waals surface area contributed by atoms with Gasteiger partial charge in [-0.2, -0.15) is 10.2 Å². The molecule has 1 unspecified atom stereocenters. The summed E-state index contributed by atoms with van der Waals surface area (Å²) in [6.07, 6.45) is 31.5. The lowest BCUT2D eigenvalue weighted by molar-refractivity contribution is -0.158. The van der Waals surface area contributed by atoms with Crippen LogP contribution in [-0.4, -0.2) is 30.3 Å². The Morgan fingerprint density at radius 2 is 0.927 bits per heavy atom. The second-order valence-electron chi connectivity index (χ2n) is 12.6. The van der Waals surface area contributed by atoms with Crippen LogP contribution in [0.3, 0.4) is 0 Å². The fraction of sp³-hybridized carbons (Fsp3) is 0.943. The minimum Gasteiger partial charge on any atom is -0.462 e. The van der Waals surface area contributed by atoms with Crippen LogP contribution in [0.1, 0.15) is 194 Å². The lowest BCUT2D eigenvalue weighted by Crippen LogP contribution is -2.22. The third-order valence-electron chi connectivity index (χ3n) is 8.32. The normalized spacial score (nSPS) is 14.2. The molecular formula is C35H66N2O4. The van der Waals surface area contributed by atoms with E-state index in [2.05, 4.69) is 24.1 Å². The quantitative estimate of drug-likeness (QED) is 0.0605. The molecule has 0 aliphatic carbocycles. The fourth-order valence-corrected chi connectivity index (χ4v) is 5.48. The molecule has 41 heavy (non-hydrogen) atoms. The van der Waals surface area contributed by atoms with E-state index in [-0.39, 0.29) is 30.3 Å². The number of carbonyl (C=O) groups is 2. The summed E-state index contributed by atoms with van der Waals surface area (Å²) in [4.78, 5) is 24.1. The van der Waals surface area contributed by atoms with Crippen molar-refractivity contribution < 1.29 is 19.1 Å². The maximum absolute atomic E-state index is 12.1. The number of unbranched alkanes of at least 4 members (excludes halogenated alkanes) is 20. The number of nitrogens with zero attached hydrogens (tertiary/aromatic N) is 2. The van der Waals surface area contributed by atoms with Gasteiger partial charge in [0, 0.05) is 12.8 Å². The lowest BCUT2D eigenvalue weighted by Gasteiger charge is -2.13. The standard InChI is InChI=1S/C35H66N2O4/c1-4-6-8-9-10-11-12-13-14-15-16-17-18-21-24-27-33(38)40-31-32(3)41-34(39)28-25-22-19-20-23-26-30-35(36-37-35)29-7-5-2/h32H,4-31H2,1-3H3. The summed E-state index contributed by atoms with van der Waals surface area (Å²) in [5.41, 5.74) is -0.0173. The Hall–Kier alpha value is -1.46. The van der Waals surface area contributed by atoms with Crippen LogP contribution in [0.4, 0.5) is 0 Å². The Labute approximate surface area is 253 Å². The molecule has 1 atom stereocenters. The number of hydrogen-bond donors (Lipinski definition) is 0. The van der Waals surface area contributed by atoms with E-state index in [9.17, 15) is 9.59 Å². The van der Waals surface area contributed by atoms with Gasteiger partial charge in [-0.25, -0.2) is 0 Å². The van der Waals surface area contributed by atoms with Crippen molar-refractivity contribution in [3.63, 3.8) is 0 Å². The third-order valence-corrected chi connectivity index (χ3v) is 8.32. The zero-order chi connectivity index (χ0) is 29.9. The molecule has 6 nitrogen and oxygen atoms in total. The van der Waals surface area contributed by atoms with E-state index in [0.29, 0.717) is 12.8 Å². The first-order chi connectivity index (χ1) is 20.0.